The first-order chi connectivity index (χ1) is 27.4. The molecular weight excluding hydrogens is 721 g/mol. The highest BCUT2D eigenvalue weighted by atomic mass is 31.2. The molecule has 9 heteroatoms. The first kappa shape index (κ1) is 55.2. The number of unbranched alkanes of at least 4 members (excludes halogenated alkanes) is 32. The number of esters is 1. The predicted octanol–water partition coefficient (Wildman–Crippen LogP) is 14.6. The van der Waals surface area contributed by atoms with Crippen LogP contribution in [0.3, 0.4) is 0 Å². The Morgan fingerprint density at radius 1 is 0.518 bits per heavy atom. The van der Waals surface area contributed by atoms with E-state index in [4.69, 9.17) is 24.3 Å². The predicted molar refractivity (Wildman–Crippen MR) is 238 cm³/mol. The fourth-order valence-electron chi connectivity index (χ4n) is 7.11. The first-order valence-corrected chi connectivity index (χ1v) is 25.7. The molecule has 0 spiro atoms. The van der Waals surface area contributed by atoms with Gasteiger partial charge in [0, 0.05) is 19.6 Å². The maximum absolute atomic E-state index is 12.6. The summed E-state index contributed by atoms with van der Waals surface area (Å²) in [7, 11) is -4.27. The van der Waals surface area contributed by atoms with Crippen LogP contribution in [0.25, 0.3) is 0 Å². The Kier molecular flexibility index (Phi) is 44.7. The van der Waals surface area contributed by atoms with Crippen molar-refractivity contribution in [2.75, 3.05) is 33.0 Å². The Morgan fingerprint density at radius 2 is 0.893 bits per heavy atom. The van der Waals surface area contributed by atoms with Crippen LogP contribution in [0.1, 0.15) is 245 Å². The molecule has 0 fully saturated rings. The molecule has 0 bridgehead atoms. The van der Waals surface area contributed by atoms with Gasteiger partial charge in [-0.3, -0.25) is 13.8 Å². The van der Waals surface area contributed by atoms with Gasteiger partial charge in [0.2, 0.25) is 0 Å². The summed E-state index contributed by atoms with van der Waals surface area (Å²) < 4.78 is 33.5. The fourth-order valence-corrected chi connectivity index (χ4v) is 7.88. The minimum Gasteiger partial charge on any atom is -0.457 e. The van der Waals surface area contributed by atoms with Crippen LogP contribution in [0.4, 0.5) is 0 Å². The van der Waals surface area contributed by atoms with Gasteiger partial charge in [0.05, 0.1) is 19.8 Å². The Balaban J connectivity index is 3.91. The summed E-state index contributed by atoms with van der Waals surface area (Å²) in [5.41, 5.74) is 5.38. The summed E-state index contributed by atoms with van der Waals surface area (Å²) in [6.45, 7) is 4.96. The van der Waals surface area contributed by atoms with Crippen molar-refractivity contribution in [3.8, 4) is 0 Å². The quantitative estimate of drug-likeness (QED) is 0.0270. The molecule has 0 heterocycles. The molecule has 56 heavy (non-hydrogen) atoms. The maximum Gasteiger partial charge on any atom is 0.472 e. The van der Waals surface area contributed by atoms with Crippen molar-refractivity contribution in [1.82, 2.24) is 0 Å². The molecule has 0 aliphatic heterocycles. The summed E-state index contributed by atoms with van der Waals surface area (Å²) >= 11 is 0. The summed E-state index contributed by atoms with van der Waals surface area (Å²) in [5.74, 6) is -0.326. The van der Waals surface area contributed by atoms with Gasteiger partial charge in [-0.2, -0.15) is 0 Å². The second-order valence-corrected chi connectivity index (χ2v) is 17.8. The highest BCUT2D eigenvalue weighted by Gasteiger charge is 2.25. The average molecular weight is 816 g/mol. The van der Waals surface area contributed by atoms with Crippen LogP contribution in [-0.4, -0.2) is 49.9 Å². The van der Waals surface area contributed by atoms with Crippen LogP contribution in [-0.2, 0) is 27.9 Å². The molecule has 0 aromatic carbocycles. The summed E-state index contributed by atoms with van der Waals surface area (Å²) in [4.78, 5) is 22.5. The number of hydrogen-bond donors (Lipinski definition) is 2. The molecule has 0 aliphatic rings. The van der Waals surface area contributed by atoms with Gasteiger partial charge in [-0.05, 0) is 38.5 Å². The zero-order valence-corrected chi connectivity index (χ0v) is 38.0. The number of phosphoric ester groups is 1. The van der Waals surface area contributed by atoms with E-state index < -0.39 is 13.9 Å². The van der Waals surface area contributed by atoms with Gasteiger partial charge in [0.15, 0.2) is 0 Å². The Bertz CT molecular complexity index is 873. The lowest BCUT2D eigenvalue weighted by Gasteiger charge is -2.20. The number of carbonyl (C=O) groups is 1. The van der Waals surface area contributed by atoms with Crippen molar-refractivity contribution >= 4 is 13.8 Å². The van der Waals surface area contributed by atoms with Gasteiger partial charge >= 0.3 is 13.8 Å². The third-order valence-corrected chi connectivity index (χ3v) is 11.7. The first-order valence-electron chi connectivity index (χ1n) is 24.2. The molecule has 3 N–H and O–H groups in total. The molecule has 334 valence electrons. The van der Waals surface area contributed by atoms with E-state index >= 15 is 0 Å². The number of ether oxygens (including phenoxy) is 2. The standard InChI is InChI=1S/C47H94NO7P/c1-3-5-7-9-11-13-15-17-19-20-21-22-23-24-25-26-28-30-32-34-36-38-40-47(49)55-46(45-54-56(50,51)53-43-41-48)44-52-42-39-37-35-33-31-29-27-18-16-14-12-10-8-6-4-2/h16,18,46H,3-15,17,19-45,48H2,1-2H3,(H,50,51)/b18-16-. The van der Waals surface area contributed by atoms with Crippen molar-refractivity contribution < 1.29 is 32.8 Å². The van der Waals surface area contributed by atoms with E-state index in [-0.39, 0.29) is 32.3 Å². The Hall–Kier alpha value is -0.760. The lowest BCUT2D eigenvalue weighted by atomic mass is 10.0. The summed E-state index contributed by atoms with van der Waals surface area (Å²) in [6, 6.07) is 0. The number of rotatable bonds is 47. The zero-order valence-electron chi connectivity index (χ0n) is 37.1. The molecule has 0 saturated carbocycles. The van der Waals surface area contributed by atoms with E-state index in [1.807, 2.05) is 0 Å². The molecule has 0 amide bonds. The molecule has 2 atom stereocenters. The van der Waals surface area contributed by atoms with Crippen molar-refractivity contribution in [3.05, 3.63) is 12.2 Å². The van der Waals surface area contributed by atoms with Gasteiger partial charge < -0.3 is 20.1 Å². The van der Waals surface area contributed by atoms with Crippen LogP contribution in [0.5, 0.6) is 0 Å². The fraction of sp³-hybridized carbons (Fsp3) is 0.936. The molecule has 2 unspecified atom stereocenters. The molecule has 0 aromatic heterocycles. The van der Waals surface area contributed by atoms with E-state index in [0.29, 0.717) is 13.0 Å². The number of phosphoric acid groups is 1. The number of allylic oxidation sites excluding steroid dienone is 2. The molecule has 0 radical (unpaired) electrons. The van der Waals surface area contributed by atoms with Gasteiger partial charge in [-0.1, -0.05) is 212 Å². The van der Waals surface area contributed by atoms with E-state index in [2.05, 4.69) is 26.0 Å². The highest BCUT2D eigenvalue weighted by Crippen LogP contribution is 2.43. The van der Waals surface area contributed by atoms with Crippen LogP contribution in [0, 0.1) is 0 Å². The molecule has 0 rings (SSSR count). The van der Waals surface area contributed by atoms with Crippen LogP contribution >= 0.6 is 7.82 Å². The van der Waals surface area contributed by atoms with Crippen molar-refractivity contribution in [2.45, 2.75) is 251 Å². The zero-order chi connectivity index (χ0) is 40.9. The molecule has 0 aliphatic carbocycles. The largest absolute Gasteiger partial charge is 0.472 e. The highest BCUT2D eigenvalue weighted by molar-refractivity contribution is 7.47. The Labute approximate surface area is 347 Å². The van der Waals surface area contributed by atoms with E-state index in [1.54, 1.807) is 0 Å². The van der Waals surface area contributed by atoms with Crippen LogP contribution in [0.2, 0.25) is 0 Å². The van der Waals surface area contributed by atoms with E-state index in [1.165, 1.54) is 193 Å². The van der Waals surface area contributed by atoms with Gasteiger partial charge in [-0.25, -0.2) is 4.57 Å². The summed E-state index contributed by atoms with van der Waals surface area (Å²) in [5, 5.41) is 0. The van der Waals surface area contributed by atoms with Crippen molar-refractivity contribution in [2.24, 2.45) is 5.73 Å². The maximum atomic E-state index is 12.6. The lowest BCUT2D eigenvalue weighted by Crippen LogP contribution is -2.28. The smallest absolute Gasteiger partial charge is 0.457 e. The van der Waals surface area contributed by atoms with Crippen molar-refractivity contribution in [1.29, 1.82) is 0 Å². The second-order valence-electron chi connectivity index (χ2n) is 16.3. The third-order valence-electron chi connectivity index (χ3n) is 10.7. The average Bonchev–Trinajstić information content (AvgIpc) is 3.19. The van der Waals surface area contributed by atoms with E-state index in [9.17, 15) is 14.3 Å². The minimum atomic E-state index is -4.27. The van der Waals surface area contributed by atoms with Gasteiger partial charge in [0.25, 0.3) is 0 Å². The molecule has 0 aromatic rings. The minimum absolute atomic E-state index is 0.0931. The molecule has 0 saturated heterocycles. The van der Waals surface area contributed by atoms with Crippen LogP contribution in [0.15, 0.2) is 12.2 Å². The topological polar surface area (TPSA) is 117 Å². The third kappa shape index (κ3) is 44.3. The molecule has 8 nitrogen and oxygen atoms in total. The lowest BCUT2D eigenvalue weighted by molar-refractivity contribution is -0.154. The van der Waals surface area contributed by atoms with Crippen molar-refractivity contribution in [3.63, 3.8) is 0 Å². The normalized spacial score (nSPS) is 13.4. The monoisotopic (exact) mass is 816 g/mol. The van der Waals surface area contributed by atoms with Gasteiger partial charge in [-0.15, -0.1) is 0 Å². The van der Waals surface area contributed by atoms with Gasteiger partial charge in [0.1, 0.15) is 6.10 Å². The molecular formula is C47H94NO7P. The SMILES string of the molecule is CCCCCCC/C=C\CCCCCCCCOCC(COP(=O)(O)OCCN)OC(=O)CCCCCCCCCCCCCCCCCCCCCCCC. The Morgan fingerprint density at radius 3 is 1.30 bits per heavy atom. The second kappa shape index (κ2) is 45.3. The van der Waals surface area contributed by atoms with E-state index in [0.717, 1.165) is 32.1 Å². The number of carbonyl (C=O) groups excluding carboxylic acids is 1. The number of nitrogens with two attached hydrogens (primary N) is 1. The van der Waals surface area contributed by atoms with Crippen LogP contribution < -0.4 is 5.73 Å². The number of hydrogen-bond acceptors (Lipinski definition) is 7. The summed E-state index contributed by atoms with van der Waals surface area (Å²) in [6.07, 6.45) is 49.5.